The molecular weight excluding hydrogens is 221 g/mol. The SMILES string of the molecule is COc1cc(C(O)CCN)c(F)cc1Cl. The number of benzene rings is 1. The normalized spacial score (nSPS) is 12.6. The van der Waals surface area contributed by atoms with Gasteiger partial charge in [-0.05, 0) is 25.1 Å². The van der Waals surface area contributed by atoms with E-state index >= 15 is 0 Å². The number of aliphatic hydroxyl groups excluding tert-OH is 1. The average molecular weight is 234 g/mol. The summed E-state index contributed by atoms with van der Waals surface area (Å²) >= 11 is 5.71. The Bertz CT molecular complexity index is 346. The third-order valence-electron chi connectivity index (χ3n) is 2.07. The fourth-order valence-corrected chi connectivity index (χ4v) is 1.50. The molecule has 0 aromatic heterocycles. The lowest BCUT2D eigenvalue weighted by Crippen LogP contribution is -2.08. The molecule has 1 atom stereocenters. The fourth-order valence-electron chi connectivity index (χ4n) is 1.27. The van der Waals surface area contributed by atoms with Crippen LogP contribution in [0.5, 0.6) is 5.75 Å². The van der Waals surface area contributed by atoms with E-state index in [1.165, 1.54) is 13.2 Å². The van der Waals surface area contributed by atoms with Gasteiger partial charge < -0.3 is 15.6 Å². The second-order valence-corrected chi connectivity index (χ2v) is 3.51. The molecule has 0 saturated carbocycles. The van der Waals surface area contributed by atoms with E-state index in [9.17, 15) is 9.50 Å². The van der Waals surface area contributed by atoms with Crippen molar-refractivity contribution in [2.24, 2.45) is 5.73 Å². The molecule has 0 radical (unpaired) electrons. The Morgan fingerprint density at radius 1 is 1.60 bits per heavy atom. The minimum Gasteiger partial charge on any atom is -0.495 e. The smallest absolute Gasteiger partial charge is 0.138 e. The lowest BCUT2D eigenvalue weighted by Gasteiger charge is -2.13. The quantitative estimate of drug-likeness (QED) is 0.835. The summed E-state index contributed by atoms with van der Waals surface area (Å²) in [6, 6.07) is 2.51. The van der Waals surface area contributed by atoms with Gasteiger partial charge in [0.1, 0.15) is 11.6 Å². The minimum atomic E-state index is -0.929. The van der Waals surface area contributed by atoms with Gasteiger partial charge in [0.15, 0.2) is 0 Å². The van der Waals surface area contributed by atoms with Crippen molar-refractivity contribution in [1.82, 2.24) is 0 Å². The monoisotopic (exact) mass is 233 g/mol. The number of methoxy groups -OCH3 is 1. The van der Waals surface area contributed by atoms with Crippen molar-refractivity contribution in [2.45, 2.75) is 12.5 Å². The van der Waals surface area contributed by atoms with E-state index in [1.807, 2.05) is 0 Å². The molecule has 0 aliphatic rings. The van der Waals surface area contributed by atoms with Crippen LogP contribution in [-0.4, -0.2) is 18.8 Å². The fraction of sp³-hybridized carbons (Fsp3) is 0.400. The van der Waals surface area contributed by atoms with Gasteiger partial charge in [-0.25, -0.2) is 4.39 Å². The van der Waals surface area contributed by atoms with Crippen LogP contribution in [-0.2, 0) is 0 Å². The maximum absolute atomic E-state index is 13.4. The molecule has 0 amide bonds. The first-order valence-electron chi connectivity index (χ1n) is 4.51. The van der Waals surface area contributed by atoms with Gasteiger partial charge in [-0.1, -0.05) is 11.6 Å². The van der Waals surface area contributed by atoms with Gasteiger partial charge in [-0.3, -0.25) is 0 Å². The van der Waals surface area contributed by atoms with Crippen molar-refractivity contribution in [1.29, 1.82) is 0 Å². The molecular formula is C10H13ClFNO2. The molecule has 0 aliphatic carbocycles. The van der Waals surface area contributed by atoms with Crippen molar-refractivity contribution < 1.29 is 14.2 Å². The van der Waals surface area contributed by atoms with Crippen LogP contribution in [0.2, 0.25) is 5.02 Å². The van der Waals surface area contributed by atoms with Gasteiger partial charge in [0.2, 0.25) is 0 Å². The maximum Gasteiger partial charge on any atom is 0.138 e. The summed E-state index contributed by atoms with van der Waals surface area (Å²) in [5, 5.41) is 9.77. The van der Waals surface area contributed by atoms with Crippen molar-refractivity contribution >= 4 is 11.6 Å². The predicted molar refractivity (Wildman–Crippen MR) is 56.6 cm³/mol. The first-order valence-corrected chi connectivity index (χ1v) is 4.89. The van der Waals surface area contributed by atoms with E-state index in [2.05, 4.69) is 0 Å². The van der Waals surface area contributed by atoms with E-state index in [0.29, 0.717) is 12.2 Å². The van der Waals surface area contributed by atoms with Crippen LogP contribution in [0.15, 0.2) is 12.1 Å². The Hall–Kier alpha value is -0.840. The summed E-state index contributed by atoms with van der Waals surface area (Å²) in [6.45, 7) is 0.283. The van der Waals surface area contributed by atoms with Crippen LogP contribution in [0.1, 0.15) is 18.1 Å². The maximum atomic E-state index is 13.4. The first kappa shape index (κ1) is 12.2. The highest BCUT2D eigenvalue weighted by atomic mass is 35.5. The summed E-state index contributed by atoms with van der Waals surface area (Å²) in [6.07, 6.45) is -0.636. The summed E-state index contributed by atoms with van der Waals surface area (Å²) in [5.41, 5.74) is 5.43. The number of halogens is 2. The van der Waals surface area contributed by atoms with Crippen molar-refractivity contribution in [3.8, 4) is 5.75 Å². The Morgan fingerprint density at radius 3 is 2.80 bits per heavy atom. The van der Waals surface area contributed by atoms with Gasteiger partial charge in [-0.15, -0.1) is 0 Å². The molecule has 1 rings (SSSR count). The van der Waals surface area contributed by atoms with Crippen molar-refractivity contribution in [3.63, 3.8) is 0 Å². The summed E-state index contributed by atoms with van der Waals surface area (Å²) in [5.74, 6) is -0.217. The molecule has 0 spiro atoms. The molecule has 1 aromatic rings. The van der Waals surface area contributed by atoms with Gasteiger partial charge in [0, 0.05) is 5.56 Å². The van der Waals surface area contributed by atoms with Crippen molar-refractivity contribution in [3.05, 3.63) is 28.5 Å². The second-order valence-electron chi connectivity index (χ2n) is 3.10. The van der Waals surface area contributed by atoms with E-state index in [-0.39, 0.29) is 17.1 Å². The second kappa shape index (κ2) is 5.30. The molecule has 3 nitrogen and oxygen atoms in total. The molecule has 0 heterocycles. The van der Waals surface area contributed by atoms with Crippen LogP contribution in [0.25, 0.3) is 0 Å². The summed E-state index contributed by atoms with van der Waals surface area (Å²) in [7, 11) is 1.43. The van der Waals surface area contributed by atoms with E-state index in [1.54, 1.807) is 0 Å². The predicted octanol–water partition coefficient (Wildman–Crippen LogP) is 1.87. The molecule has 1 unspecified atom stereocenters. The third kappa shape index (κ3) is 2.81. The summed E-state index contributed by atoms with van der Waals surface area (Å²) < 4.78 is 18.3. The lowest BCUT2D eigenvalue weighted by molar-refractivity contribution is 0.165. The van der Waals surface area contributed by atoms with Gasteiger partial charge in [-0.2, -0.15) is 0 Å². The zero-order chi connectivity index (χ0) is 11.4. The highest BCUT2D eigenvalue weighted by Crippen LogP contribution is 2.31. The highest BCUT2D eigenvalue weighted by molar-refractivity contribution is 6.32. The van der Waals surface area contributed by atoms with E-state index < -0.39 is 11.9 Å². The zero-order valence-corrected chi connectivity index (χ0v) is 9.09. The number of hydrogen-bond donors (Lipinski definition) is 2. The Balaban J connectivity index is 3.06. The zero-order valence-electron chi connectivity index (χ0n) is 8.34. The van der Waals surface area contributed by atoms with Crippen LogP contribution < -0.4 is 10.5 Å². The molecule has 0 aliphatic heterocycles. The average Bonchev–Trinajstić information content (AvgIpc) is 2.18. The van der Waals surface area contributed by atoms with Crippen molar-refractivity contribution in [2.75, 3.05) is 13.7 Å². The van der Waals surface area contributed by atoms with Gasteiger partial charge in [0.05, 0.1) is 18.2 Å². The number of hydrogen-bond acceptors (Lipinski definition) is 3. The van der Waals surface area contributed by atoms with Gasteiger partial charge >= 0.3 is 0 Å². The number of nitrogens with two attached hydrogens (primary N) is 1. The molecule has 0 saturated heterocycles. The van der Waals surface area contributed by atoms with E-state index in [0.717, 1.165) is 6.07 Å². The summed E-state index contributed by atoms with van der Waals surface area (Å²) in [4.78, 5) is 0. The minimum absolute atomic E-state index is 0.154. The van der Waals surface area contributed by atoms with Crippen LogP contribution in [0.3, 0.4) is 0 Å². The topological polar surface area (TPSA) is 55.5 Å². The largest absolute Gasteiger partial charge is 0.495 e. The molecule has 5 heteroatoms. The number of rotatable bonds is 4. The van der Waals surface area contributed by atoms with Crippen LogP contribution in [0, 0.1) is 5.82 Å². The lowest BCUT2D eigenvalue weighted by atomic mass is 10.1. The Kier molecular flexibility index (Phi) is 4.32. The first-order chi connectivity index (χ1) is 7.10. The molecule has 0 bridgehead atoms. The number of aliphatic hydroxyl groups is 1. The van der Waals surface area contributed by atoms with Crippen LogP contribution >= 0.6 is 11.6 Å². The third-order valence-corrected chi connectivity index (χ3v) is 2.37. The molecule has 3 N–H and O–H groups in total. The number of ether oxygens (including phenoxy) is 1. The standard InChI is InChI=1S/C10H13ClFNO2/c1-15-10-4-6(9(14)2-3-13)8(12)5-7(10)11/h4-5,9,14H,2-3,13H2,1H3. The van der Waals surface area contributed by atoms with Crippen LogP contribution in [0.4, 0.5) is 4.39 Å². The molecule has 15 heavy (non-hydrogen) atoms. The van der Waals surface area contributed by atoms with Gasteiger partial charge in [0.25, 0.3) is 0 Å². The van der Waals surface area contributed by atoms with E-state index in [4.69, 9.17) is 22.1 Å². The molecule has 1 aromatic carbocycles. The molecule has 0 fully saturated rings. The Morgan fingerprint density at radius 2 is 2.27 bits per heavy atom. The molecule has 84 valence electrons. The highest BCUT2D eigenvalue weighted by Gasteiger charge is 2.15. The Labute approximate surface area is 92.6 Å².